The van der Waals surface area contributed by atoms with Crippen LogP contribution < -0.4 is 11.1 Å². The first kappa shape index (κ1) is 15.9. The highest BCUT2D eigenvalue weighted by atomic mass is 16.7. The summed E-state index contributed by atoms with van der Waals surface area (Å²) in [5, 5.41) is 3.26. The van der Waals surface area contributed by atoms with Crippen molar-refractivity contribution >= 4 is 11.5 Å². The summed E-state index contributed by atoms with van der Waals surface area (Å²) in [6.45, 7) is 3.95. The van der Waals surface area contributed by atoms with Crippen LogP contribution in [0, 0.1) is 0 Å². The van der Waals surface area contributed by atoms with Crippen LogP contribution in [0.25, 0.3) is 0 Å². The van der Waals surface area contributed by atoms with Gasteiger partial charge in [-0.2, -0.15) is 0 Å². The van der Waals surface area contributed by atoms with Gasteiger partial charge in [-0.1, -0.05) is 19.1 Å². The van der Waals surface area contributed by atoms with Crippen LogP contribution in [0.1, 0.15) is 25.3 Å². The number of ketones is 1. The third-order valence-corrected chi connectivity index (χ3v) is 3.48. The van der Waals surface area contributed by atoms with Gasteiger partial charge in [-0.3, -0.25) is 4.79 Å². The van der Waals surface area contributed by atoms with Gasteiger partial charge in [0, 0.05) is 12.1 Å². The smallest absolute Gasteiger partial charge is 0.174 e. The van der Waals surface area contributed by atoms with Crippen LogP contribution >= 0.6 is 0 Å². The van der Waals surface area contributed by atoms with Crippen LogP contribution in [0.15, 0.2) is 24.3 Å². The van der Waals surface area contributed by atoms with Crippen molar-refractivity contribution in [3.8, 4) is 0 Å². The molecule has 1 fully saturated rings. The molecular weight excluding hydrogens is 268 g/mol. The van der Waals surface area contributed by atoms with Gasteiger partial charge in [0.15, 0.2) is 6.29 Å². The van der Waals surface area contributed by atoms with E-state index in [2.05, 4.69) is 5.32 Å². The lowest BCUT2D eigenvalue weighted by Crippen LogP contribution is -2.32. The molecule has 5 heteroatoms. The van der Waals surface area contributed by atoms with Crippen LogP contribution in [0.2, 0.25) is 0 Å². The zero-order valence-electron chi connectivity index (χ0n) is 12.5. The second-order valence-electron chi connectivity index (χ2n) is 5.28. The summed E-state index contributed by atoms with van der Waals surface area (Å²) in [7, 11) is 0. The number of benzene rings is 1. The zero-order chi connectivity index (χ0) is 15.1. The Hall–Kier alpha value is -1.43. The molecule has 0 spiro atoms. The molecule has 1 unspecified atom stereocenters. The molecule has 0 radical (unpaired) electrons. The topological polar surface area (TPSA) is 73.6 Å². The van der Waals surface area contributed by atoms with Gasteiger partial charge in [-0.15, -0.1) is 0 Å². The molecule has 0 saturated carbocycles. The van der Waals surface area contributed by atoms with Crippen molar-refractivity contribution in [3.63, 3.8) is 0 Å². The van der Waals surface area contributed by atoms with Crippen LogP contribution in [-0.2, 0) is 20.7 Å². The van der Waals surface area contributed by atoms with Crippen LogP contribution in [0.3, 0.4) is 0 Å². The Morgan fingerprint density at radius 3 is 2.62 bits per heavy atom. The van der Waals surface area contributed by atoms with Crippen LogP contribution in [0.5, 0.6) is 0 Å². The summed E-state index contributed by atoms with van der Waals surface area (Å²) in [6.07, 6.45) is 1.83. The summed E-state index contributed by atoms with van der Waals surface area (Å²) in [4.78, 5) is 11.7. The average Bonchev–Trinajstić information content (AvgIpc) is 3.00. The fourth-order valence-corrected chi connectivity index (χ4v) is 2.28. The Labute approximate surface area is 125 Å². The molecule has 0 aliphatic carbocycles. The number of nitrogens with one attached hydrogen (secondary N) is 1. The lowest BCUT2D eigenvalue weighted by Gasteiger charge is -2.13. The van der Waals surface area contributed by atoms with Crippen molar-refractivity contribution in [1.82, 2.24) is 0 Å². The molecule has 1 aromatic carbocycles. The quantitative estimate of drug-likeness (QED) is 0.763. The highest BCUT2D eigenvalue weighted by Crippen LogP contribution is 2.13. The molecule has 1 aliphatic heterocycles. The average molecular weight is 292 g/mol. The molecule has 0 aromatic heterocycles. The maximum atomic E-state index is 11.7. The van der Waals surface area contributed by atoms with Crippen molar-refractivity contribution in [2.45, 2.75) is 38.5 Å². The SMILES string of the molecule is CCCC(=O)C(N)Cc1ccc(NCC2OCCO2)cc1. The third-order valence-electron chi connectivity index (χ3n) is 3.48. The van der Waals surface area contributed by atoms with Crippen molar-refractivity contribution in [2.24, 2.45) is 5.73 Å². The number of ether oxygens (including phenoxy) is 2. The second kappa shape index (κ2) is 8.12. The summed E-state index contributed by atoms with van der Waals surface area (Å²) in [6, 6.07) is 7.57. The number of nitrogens with two attached hydrogens (primary N) is 1. The van der Waals surface area contributed by atoms with E-state index in [-0.39, 0.29) is 12.1 Å². The van der Waals surface area contributed by atoms with Gasteiger partial charge in [0.25, 0.3) is 0 Å². The minimum Gasteiger partial charge on any atom is -0.380 e. The van der Waals surface area contributed by atoms with E-state index in [9.17, 15) is 4.79 Å². The molecule has 116 valence electrons. The minimum absolute atomic E-state index is 0.134. The fraction of sp³-hybridized carbons (Fsp3) is 0.562. The van der Waals surface area contributed by atoms with E-state index < -0.39 is 6.04 Å². The number of hydrogen-bond acceptors (Lipinski definition) is 5. The number of carbonyl (C=O) groups excluding carboxylic acids is 1. The Kier molecular flexibility index (Phi) is 6.17. The maximum Gasteiger partial charge on any atom is 0.174 e. The van der Waals surface area contributed by atoms with E-state index in [1.807, 2.05) is 31.2 Å². The highest BCUT2D eigenvalue weighted by Gasteiger charge is 2.15. The van der Waals surface area contributed by atoms with Crippen molar-refractivity contribution < 1.29 is 14.3 Å². The summed E-state index contributed by atoms with van der Waals surface area (Å²) in [5.41, 5.74) is 8.00. The first-order chi connectivity index (χ1) is 10.2. The molecule has 5 nitrogen and oxygen atoms in total. The molecule has 1 heterocycles. The molecule has 3 N–H and O–H groups in total. The normalized spacial score (nSPS) is 16.9. The summed E-state index contributed by atoms with van der Waals surface area (Å²) in [5.74, 6) is 0.134. The van der Waals surface area contributed by atoms with Crippen LogP contribution in [0.4, 0.5) is 5.69 Å². The molecule has 1 saturated heterocycles. The lowest BCUT2D eigenvalue weighted by molar-refractivity contribution is -0.120. The van der Waals surface area contributed by atoms with Crippen LogP contribution in [-0.4, -0.2) is 37.9 Å². The first-order valence-electron chi connectivity index (χ1n) is 7.53. The van der Waals surface area contributed by atoms with Gasteiger partial charge in [0.1, 0.15) is 5.78 Å². The maximum absolute atomic E-state index is 11.7. The Morgan fingerprint density at radius 1 is 1.33 bits per heavy atom. The number of carbonyl (C=O) groups is 1. The van der Waals surface area contributed by atoms with Gasteiger partial charge in [-0.25, -0.2) is 0 Å². The standard InChI is InChI=1S/C16H24N2O3/c1-2-3-15(19)14(17)10-12-4-6-13(7-5-12)18-11-16-20-8-9-21-16/h4-7,14,16,18H,2-3,8-11,17H2,1H3. The minimum atomic E-state index is -0.399. The largest absolute Gasteiger partial charge is 0.380 e. The predicted molar refractivity (Wildman–Crippen MR) is 82.2 cm³/mol. The molecule has 2 rings (SSSR count). The second-order valence-corrected chi connectivity index (χ2v) is 5.28. The van der Waals surface area contributed by atoms with E-state index in [0.717, 1.165) is 17.7 Å². The van der Waals surface area contributed by atoms with Gasteiger partial charge < -0.3 is 20.5 Å². The zero-order valence-corrected chi connectivity index (χ0v) is 12.5. The molecule has 1 aliphatic rings. The molecule has 1 aromatic rings. The van der Waals surface area contributed by atoms with E-state index >= 15 is 0 Å². The Bertz CT molecular complexity index is 441. The number of anilines is 1. The molecular formula is C16H24N2O3. The predicted octanol–water partition coefficient (Wildman–Crippen LogP) is 1.71. The van der Waals surface area contributed by atoms with E-state index in [1.54, 1.807) is 0 Å². The first-order valence-corrected chi connectivity index (χ1v) is 7.53. The molecule has 0 amide bonds. The Morgan fingerprint density at radius 2 is 2.00 bits per heavy atom. The van der Waals surface area contributed by atoms with Crippen molar-refractivity contribution in [1.29, 1.82) is 0 Å². The molecule has 0 bridgehead atoms. The number of rotatable bonds is 8. The third kappa shape index (κ3) is 5.12. The van der Waals surface area contributed by atoms with E-state index in [0.29, 0.717) is 32.6 Å². The lowest BCUT2D eigenvalue weighted by atomic mass is 10.0. The van der Waals surface area contributed by atoms with E-state index in [1.165, 1.54) is 0 Å². The molecule has 21 heavy (non-hydrogen) atoms. The van der Waals surface area contributed by atoms with Gasteiger partial charge in [-0.05, 0) is 30.5 Å². The monoisotopic (exact) mass is 292 g/mol. The number of Topliss-reactive ketones (excluding diaryl/α,β-unsaturated/α-hetero) is 1. The summed E-state index contributed by atoms with van der Waals surface area (Å²) < 4.78 is 10.7. The van der Waals surface area contributed by atoms with Gasteiger partial charge in [0.05, 0.1) is 25.8 Å². The highest BCUT2D eigenvalue weighted by molar-refractivity contribution is 5.84. The van der Waals surface area contributed by atoms with E-state index in [4.69, 9.17) is 15.2 Å². The molecule has 1 atom stereocenters. The van der Waals surface area contributed by atoms with Crippen molar-refractivity contribution in [2.75, 3.05) is 25.1 Å². The van der Waals surface area contributed by atoms with Crippen molar-refractivity contribution in [3.05, 3.63) is 29.8 Å². The summed E-state index contributed by atoms with van der Waals surface area (Å²) >= 11 is 0. The Balaban J connectivity index is 1.79. The number of hydrogen-bond donors (Lipinski definition) is 2. The van der Waals surface area contributed by atoms with Gasteiger partial charge in [0.2, 0.25) is 0 Å². The van der Waals surface area contributed by atoms with Gasteiger partial charge >= 0.3 is 0 Å². The fourth-order valence-electron chi connectivity index (χ4n) is 2.28.